The Kier molecular flexibility index (Phi) is 2.93. The molecule has 66 valence electrons. The van der Waals surface area contributed by atoms with Crippen molar-refractivity contribution in [2.24, 2.45) is 5.73 Å². The maximum Gasteiger partial charge on any atom is 0.387 e. The maximum absolute atomic E-state index is 11.7. The summed E-state index contributed by atoms with van der Waals surface area (Å²) in [4.78, 5) is 3.67. The number of halogens is 2. The molecule has 0 aliphatic carbocycles. The fourth-order valence-corrected chi connectivity index (χ4v) is 0.743. The smallest absolute Gasteiger partial charge is 0.387 e. The van der Waals surface area contributed by atoms with E-state index in [1.165, 1.54) is 18.5 Å². The van der Waals surface area contributed by atoms with Crippen molar-refractivity contribution in [1.82, 2.24) is 4.98 Å². The van der Waals surface area contributed by atoms with Crippen molar-refractivity contribution in [3.8, 4) is 5.75 Å². The van der Waals surface area contributed by atoms with Crippen molar-refractivity contribution in [2.45, 2.75) is 13.2 Å². The van der Waals surface area contributed by atoms with Gasteiger partial charge in [0.15, 0.2) is 0 Å². The van der Waals surface area contributed by atoms with Crippen LogP contribution in [0.4, 0.5) is 8.78 Å². The molecule has 12 heavy (non-hydrogen) atoms. The summed E-state index contributed by atoms with van der Waals surface area (Å²) < 4.78 is 27.5. The van der Waals surface area contributed by atoms with E-state index in [0.29, 0.717) is 5.56 Å². The number of alkyl halides is 2. The minimum atomic E-state index is -2.82. The van der Waals surface area contributed by atoms with E-state index in [2.05, 4.69) is 9.72 Å². The SMILES string of the molecule is NCc1cncc(OC(F)F)c1. The molecule has 0 atom stereocenters. The molecular formula is C7H8F2N2O. The first-order chi connectivity index (χ1) is 5.72. The van der Waals surface area contributed by atoms with Crippen molar-refractivity contribution < 1.29 is 13.5 Å². The molecule has 0 aromatic carbocycles. The molecule has 2 N–H and O–H groups in total. The fourth-order valence-electron chi connectivity index (χ4n) is 0.743. The molecule has 0 spiro atoms. The van der Waals surface area contributed by atoms with Gasteiger partial charge in [0.2, 0.25) is 0 Å². The summed E-state index contributed by atoms with van der Waals surface area (Å²) in [6, 6.07) is 1.43. The number of hydrogen-bond donors (Lipinski definition) is 1. The summed E-state index contributed by atoms with van der Waals surface area (Å²) in [6.45, 7) is -2.56. The Morgan fingerprint density at radius 3 is 2.83 bits per heavy atom. The zero-order chi connectivity index (χ0) is 8.97. The second-order valence-electron chi connectivity index (χ2n) is 2.11. The first-order valence-electron chi connectivity index (χ1n) is 3.31. The van der Waals surface area contributed by atoms with Crippen molar-refractivity contribution in [2.75, 3.05) is 0 Å². The third-order valence-electron chi connectivity index (χ3n) is 1.23. The lowest BCUT2D eigenvalue weighted by Crippen LogP contribution is -2.04. The van der Waals surface area contributed by atoms with Crippen molar-refractivity contribution in [3.05, 3.63) is 24.0 Å². The highest BCUT2D eigenvalue weighted by molar-refractivity contribution is 5.23. The highest BCUT2D eigenvalue weighted by Gasteiger charge is 2.04. The van der Waals surface area contributed by atoms with Crippen LogP contribution in [0.15, 0.2) is 18.5 Å². The third-order valence-corrected chi connectivity index (χ3v) is 1.23. The monoisotopic (exact) mass is 174 g/mol. The van der Waals surface area contributed by atoms with Crippen LogP contribution in [0.1, 0.15) is 5.56 Å². The standard InChI is InChI=1S/C7H8F2N2O/c8-7(9)12-6-1-5(2-10)3-11-4-6/h1,3-4,7H,2,10H2. The largest absolute Gasteiger partial charge is 0.433 e. The van der Waals surface area contributed by atoms with Crippen molar-refractivity contribution in [1.29, 1.82) is 0 Å². The molecule has 0 fully saturated rings. The fraction of sp³-hybridized carbons (Fsp3) is 0.286. The van der Waals surface area contributed by atoms with Gasteiger partial charge in [0.1, 0.15) is 5.75 Å². The highest BCUT2D eigenvalue weighted by Crippen LogP contribution is 2.13. The topological polar surface area (TPSA) is 48.1 Å². The third kappa shape index (κ3) is 2.43. The van der Waals surface area contributed by atoms with Crippen LogP contribution in [0.5, 0.6) is 5.75 Å². The van der Waals surface area contributed by atoms with E-state index in [0.717, 1.165) is 0 Å². The van der Waals surface area contributed by atoms with Gasteiger partial charge < -0.3 is 10.5 Å². The zero-order valence-electron chi connectivity index (χ0n) is 6.21. The van der Waals surface area contributed by atoms with E-state index >= 15 is 0 Å². The van der Waals surface area contributed by atoms with Gasteiger partial charge in [0, 0.05) is 12.7 Å². The van der Waals surface area contributed by atoms with Crippen LogP contribution in [-0.4, -0.2) is 11.6 Å². The van der Waals surface area contributed by atoms with Gasteiger partial charge in [-0.15, -0.1) is 0 Å². The molecule has 0 saturated carbocycles. The summed E-state index contributed by atoms with van der Waals surface area (Å²) in [6.07, 6.45) is 2.71. The lowest BCUT2D eigenvalue weighted by Gasteiger charge is -2.04. The Balaban J connectivity index is 2.72. The Labute approximate surface area is 68.2 Å². The number of nitrogens with two attached hydrogens (primary N) is 1. The molecule has 0 unspecified atom stereocenters. The van der Waals surface area contributed by atoms with E-state index in [-0.39, 0.29) is 12.3 Å². The van der Waals surface area contributed by atoms with E-state index < -0.39 is 6.61 Å². The first-order valence-corrected chi connectivity index (χ1v) is 3.31. The first kappa shape index (κ1) is 8.86. The van der Waals surface area contributed by atoms with Gasteiger partial charge in [-0.2, -0.15) is 8.78 Å². The molecule has 0 aliphatic heterocycles. The molecule has 0 bridgehead atoms. The van der Waals surface area contributed by atoms with Gasteiger partial charge in [0.05, 0.1) is 6.20 Å². The maximum atomic E-state index is 11.7. The van der Waals surface area contributed by atoms with Crippen molar-refractivity contribution in [3.63, 3.8) is 0 Å². The van der Waals surface area contributed by atoms with Gasteiger partial charge in [-0.1, -0.05) is 0 Å². The van der Waals surface area contributed by atoms with Crippen molar-refractivity contribution >= 4 is 0 Å². The molecule has 1 heterocycles. The molecule has 0 saturated heterocycles. The summed E-state index contributed by atoms with van der Waals surface area (Å²) in [7, 11) is 0. The van der Waals surface area contributed by atoms with E-state index in [1.54, 1.807) is 0 Å². The lowest BCUT2D eigenvalue weighted by molar-refractivity contribution is -0.0501. The second kappa shape index (κ2) is 3.96. The Morgan fingerprint density at radius 1 is 1.50 bits per heavy atom. The molecule has 0 amide bonds. The summed E-state index contributed by atoms with van der Waals surface area (Å²) in [5.74, 6) is 0.0351. The quantitative estimate of drug-likeness (QED) is 0.747. The van der Waals surface area contributed by atoms with Crippen LogP contribution in [0.2, 0.25) is 0 Å². The predicted octanol–water partition coefficient (Wildman–Crippen LogP) is 1.14. The minimum Gasteiger partial charge on any atom is -0.433 e. The Bertz CT molecular complexity index is 255. The number of ether oxygens (including phenoxy) is 1. The van der Waals surface area contributed by atoms with Crippen LogP contribution >= 0.6 is 0 Å². The van der Waals surface area contributed by atoms with E-state index in [9.17, 15) is 8.78 Å². The second-order valence-corrected chi connectivity index (χ2v) is 2.11. The number of aromatic nitrogens is 1. The zero-order valence-corrected chi connectivity index (χ0v) is 6.21. The molecule has 0 radical (unpaired) electrons. The van der Waals surface area contributed by atoms with Gasteiger partial charge in [0.25, 0.3) is 0 Å². The van der Waals surface area contributed by atoms with Crippen LogP contribution in [0, 0.1) is 0 Å². The molecule has 1 rings (SSSR count). The molecule has 1 aromatic heterocycles. The molecule has 5 heteroatoms. The van der Waals surface area contributed by atoms with Gasteiger partial charge in [-0.3, -0.25) is 4.98 Å². The van der Waals surface area contributed by atoms with E-state index in [4.69, 9.17) is 5.73 Å². The number of nitrogens with zero attached hydrogens (tertiary/aromatic N) is 1. The predicted molar refractivity (Wildman–Crippen MR) is 38.8 cm³/mol. The van der Waals surface area contributed by atoms with Gasteiger partial charge in [-0.05, 0) is 11.6 Å². The number of hydrogen-bond acceptors (Lipinski definition) is 3. The van der Waals surface area contributed by atoms with Crippen LogP contribution < -0.4 is 10.5 Å². The Morgan fingerprint density at radius 2 is 2.25 bits per heavy atom. The normalized spacial score (nSPS) is 10.3. The number of rotatable bonds is 3. The summed E-state index contributed by atoms with van der Waals surface area (Å²) >= 11 is 0. The average molecular weight is 174 g/mol. The summed E-state index contributed by atoms with van der Waals surface area (Å²) in [5, 5.41) is 0. The van der Waals surface area contributed by atoms with Gasteiger partial charge in [-0.25, -0.2) is 0 Å². The highest BCUT2D eigenvalue weighted by atomic mass is 19.3. The molecular weight excluding hydrogens is 166 g/mol. The number of pyridine rings is 1. The van der Waals surface area contributed by atoms with Gasteiger partial charge >= 0.3 is 6.61 Å². The molecule has 0 aliphatic rings. The molecule has 3 nitrogen and oxygen atoms in total. The minimum absolute atomic E-state index is 0.0351. The van der Waals surface area contributed by atoms with Crippen LogP contribution in [0.3, 0.4) is 0 Å². The average Bonchev–Trinajstić information content (AvgIpc) is 2.03. The molecule has 1 aromatic rings. The van der Waals surface area contributed by atoms with E-state index in [1.807, 2.05) is 0 Å². The lowest BCUT2D eigenvalue weighted by atomic mass is 10.3. The van der Waals surface area contributed by atoms with Crippen LogP contribution in [-0.2, 0) is 6.54 Å². The van der Waals surface area contributed by atoms with Crippen LogP contribution in [0.25, 0.3) is 0 Å². The summed E-state index contributed by atoms with van der Waals surface area (Å²) in [5.41, 5.74) is 5.93. The Hall–Kier alpha value is -1.23.